The molecule has 0 aromatic carbocycles. The Morgan fingerprint density at radius 3 is 2.45 bits per heavy atom. The van der Waals surface area contributed by atoms with Gasteiger partial charge in [-0.1, -0.05) is 0 Å². The molecule has 1 aliphatic heterocycles. The zero-order chi connectivity index (χ0) is 22.1. The highest BCUT2D eigenvalue weighted by molar-refractivity contribution is 7.20. The molecule has 9 nitrogen and oxygen atoms in total. The van der Waals surface area contributed by atoms with Crippen LogP contribution in [0, 0.1) is 18.8 Å². The zero-order valence-electron chi connectivity index (χ0n) is 17.7. The molecule has 166 valence electrons. The highest BCUT2D eigenvalue weighted by atomic mass is 32.1. The fourth-order valence-corrected chi connectivity index (χ4v) is 4.95. The van der Waals surface area contributed by atoms with Gasteiger partial charge in [-0.3, -0.25) is 9.59 Å². The molecule has 0 atom stereocenters. The maximum atomic E-state index is 12.5. The number of nitrogens with zero attached hydrogens (tertiary/aromatic N) is 3. The van der Waals surface area contributed by atoms with Gasteiger partial charge in [0.15, 0.2) is 12.4 Å². The standard InChI is InChI=1S/C21H26N4O5S/c1-3-29-21(28)16-11(2)15-17(22)23-14(24-18(15)31-16)10-30-20(27)13-6-8-25(9-7-13)19(26)12-4-5-12/h12-13H,3-10H2,1-2H3,(H2,22,23,24). The Labute approximate surface area is 183 Å². The van der Waals surface area contributed by atoms with Gasteiger partial charge in [-0.25, -0.2) is 14.8 Å². The number of hydrogen-bond acceptors (Lipinski definition) is 9. The summed E-state index contributed by atoms with van der Waals surface area (Å²) in [6, 6.07) is 0. The molecule has 0 spiro atoms. The van der Waals surface area contributed by atoms with Crippen molar-refractivity contribution in [1.82, 2.24) is 14.9 Å². The molecule has 0 unspecified atom stereocenters. The molecule has 1 aliphatic carbocycles. The Bertz CT molecular complexity index is 1020. The lowest BCUT2D eigenvalue weighted by atomic mass is 9.97. The Hall–Kier alpha value is -2.75. The third-order valence-electron chi connectivity index (χ3n) is 5.74. The van der Waals surface area contributed by atoms with Gasteiger partial charge < -0.3 is 20.1 Å². The highest BCUT2D eigenvalue weighted by Gasteiger charge is 2.36. The van der Waals surface area contributed by atoms with E-state index in [-0.39, 0.29) is 48.6 Å². The molecule has 0 bridgehead atoms. The number of rotatable bonds is 6. The van der Waals surface area contributed by atoms with Gasteiger partial charge in [0, 0.05) is 19.0 Å². The molecule has 2 aliphatic rings. The van der Waals surface area contributed by atoms with Crippen LogP contribution in [0.25, 0.3) is 10.2 Å². The molecule has 10 heteroatoms. The fraction of sp³-hybridized carbons (Fsp3) is 0.571. The van der Waals surface area contributed by atoms with E-state index in [0.717, 1.165) is 12.8 Å². The summed E-state index contributed by atoms with van der Waals surface area (Å²) in [5.74, 6) is -0.00624. The smallest absolute Gasteiger partial charge is 0.348 e. The monoisotopic (exact) mass is 446 g/mol. The van der Waals surface area contributed by atoms with Crippen LogP contribution in [0.4, 0.5) is 5.82 Å². The van der Waals surface area contributed by atoms with Gasteiger partial charge in [0.2, 0.25) is 5.91 Å². The van der Waals surface area contributed by atoms with Crippen molar-refractivity contribution >= 4 is 45.2 Å². The van der Waals surface area contributed by atoms with Crippen molar-refractivity contribution in [2.24, 2.45) is 11.8 Å². The number of piperidine rings is 1. The van der Waals surface area contributed by atoms with E-state index in [1.807, 2.05) is 4.90 Å². The van der Waals surface area contributed by atoms with Crippen molar-refractivity contribution in [3.8, 4) is 0 Å². The lowest BCUT2D eigenvalue weighted by Gasteiger charge is -2.31. The van der Waals surface area contributed by atoms with E-state index in [0.29, 0.717) is 46.6 Å². The number of hydrogen-bond donors (Lipinski definition) is 1. The minimum Gasteiger partial charge on any atom is -0.462 e. The molecule has 4 rings (SSSR count). The van der Waals surface area contributed by atoms with Crippen molar-refractivity contribution in [2.75, 3.05) is 25.4 Å². The number of ether oxygens (including phenoxy) is 2. The van der Waals surface area contributed by atoms with Crippen molar-refractivity contribution in [2.45, 2.75) is 46.1 Å². The van der Waals surface area contributed by atoms with Gasteiger partial charge in [-0.05, 0) is 45.1 Å². The Morgan fingerprint density at radius 2 is 1.81 bits per heavy atom. The van der Waals surface area contributed by atoms with Crippen molar-refractivity contribution in [3.63, 3.8) is 0 Å². The molecular weight excluding hydrogens is 420 g/mol. The van der Waals surface area contributed by atoms with E-state index in [9.17, 15) is 14.4 Å². The van der Waals surface area contributed by atoms with Crippen LogP contribution in [-0.2, 0) is 25.7 Å². The SMILES string of the molecule is CCOC(=O)c1sc2nc(COC(=O)C3CCN(C(=O)C4CC4)CC3)nc(N)c2c1C. The average Bonchev–Trinajstić information content (AvgIpc) is 3.55. The molecule has 2 aromatic heterocycles. The number of nitrogens with two attached hydrogens (primary N) is 1. The maximum Gasteiger partial charge on any atom is 0.348 e. The first kappa shape index (κ1) is 21.5. The van der Waals surface area contributed by atoms with Gasteiger partial charge in [0.25, 0.3) is 0 Å². The molecule has 0 radical (unpaired) electrons. The average molecular weight is 447 g/mol. The predicted molar refractivity (Wildman–Crippen MR) is 114 cm³/mol. The number of fused-ring (bicyclic) bond motifs is 1. The van der Waals surface area contributed by atoms with E-state index in [1.54, 1.807) is 13.8 Å². The topological polar surface area (TPSA) is 125 Å². The highest BCUT2D eigenvalue weighted by Crippen LogP contribution is 2.34. The summed E-state index contributed by atoms with van der Waals surface area (Å²) < 4.78 is 10.5. The van der Waals surface area contributed by atoms with Gasteiger partial charge in [-0.15, -0.1) is 11.3 Å². The Kier molecular flexibility index (Phi) is 6.08. The van der Waals surface area contributed by atoms with E-state index >= 15 is 0 Å². The van der Waals surface area contributed by atoms with E-state index in [1.165, 1.54) is 11.3 Å². The van der Waals surface area contributed by atoms with Crippen molar-refractivity contribution < 1.29 is 23.9 Å². The number of aromatic nitrogens is 2. The van der Waals surface area contributed by atoms with Crippen LogP contribution in [0.5, 0.6) is 0 Å². The summed E-state index contributed by atoms with van der Waals surface area (Å²) in [6.45, 7) is 4.90. The van der Waals surface area contributed by atoms with Crippen LogP contribution in [0.15, 0.2) is 0 Å². The lowest BCUT2D eigenvalue weighted by Crippen LogP contribution is -2.41. The number of anilines is 1. The number of amides is 1. The summed E-state index contributed by atoms with van der Waals surface area (Å²) in [6.07, 6.45) is 3.18. The minimum absolute atomic E-state index is 0.0914. The van der Waals surface area contributed by atoms with Gasteiger partial charge in [0.05, 0.1) is 17.9 Å². The van der Waals surface area contributed by atoms with Crippen LogP contribution in [0.2, 0.25) is 0 Å². The fourth-order valence-electron chi connectivity index (χ4n) is 3.85. The summed E-state index contributed by atoms with van der Waals surface area (Å²) in [4.78, 5) is 48.3. The van der Waals surface area contributed by atoms with Crippen LogP contribution >= 0.6 is 11.3 Å². The largest absolute Gasteiger partial charge is 0.462 e. The van der Waals surface area contributed by atoms with Crippen LogP contribution in [-0.4, -0.2) is 52.4 Å². The predicted octanol–water partition coefficient (Wildman–Crippen LogP) is 2.45. The summed E-state index contributed by atoms with van der Waals surface area (Å²) in [7, 11) is 0. The van der Waals surface area contributed by atoms with Crippen molar-refractivity contribution in [3.05, 3.63) is 16.3 Å². The number of aryl methyl sites for hydroxylation is 1. The molecule has 2 fully saturated rings. The third-order valence-corrected chi connectivity index (χ3v) is 6.90. The van der Waals surface area contributed by atoms with Gasteiger partial charge >= 0.3 is 11.9 Å². The first-order valence-corrected chi connectivity index (χ1v) is 11.4. The molecule has 1 saturated heterocycles. The van der Waals surface area contributed by atoms with E-state index < -0.39 is 5.97 Å². The number of esters is 2. The van der Waals surface area contributed by atoms with Crippen LogP contribution in [0.3, 0.4) is 0 Å². The molecular formula is C21H26N4O5S. The molecule has 3 heterocycles. The van der Waals surface area contributed by atoms with E-state index in [2.05, 4.69) is 9.97 Å². The molecule has 2 N–H and O–H groups in total. The van der Waals surface area contributed by atoms with Gasteiger partial charge in [0.1, 0.15) is 15.5 Å². The molecule has 1 saturated carbocycles. The zero-order valence-corrected chi connectivity index (χ0v) is 18.5. The Morgan fingerprint density at radius 1 is 1.10 bits per heavy atom. The maximum absolute atomic E-state index is 12.5. The number of thiophene rings is 1. The third kappa shape index (κ3) is 4.48. The van der Waals surface area contributed by atoms with Crippen LogP contribution < -0.4 is 5.73 Å². The number of carbonyl (C=O) groups is 3. The molecule has 1 amide bonds. The minimum atomic E-state index is -0.415. The normalized spacial score (nSPS) is 17.0. The van der Waals surface area contributed by atoms with Crippen molar-refractivity contribution in [1.29, 1.82) is 0 Å². The van der Waals surface area contributed by atoms with Crippen LogP contribution in [0.1, 0.15) is 53.7 Å². The number of carbonyl (C=O) groups excluding carboxylic acids is 3. The second-order valence-electron chi connectivity index (χ2n) is 7.96. The number of likely N-dealkylation sites (tertiary alicyclic amines) is 1. The number of nitrogen functional groups attached to an aromatic ring is 1. The molecule has 31 heavy (non-hydrogen) atoms. The molecule has 2 aromatic rings. The summed E-state index contributed by atoms with van der Waals surface area (Å²) in [5.41, 5.74) is 6.78. The van der Waals surface area contributed by atoms with E-state index in [4.69, 9.17) is 15.2 Å². The first-order valence-electron chi connectivity index (χ1n) is 10.6. The second kappa shape index (κ2) is 8.78. The quantitative estimate of drug-likeness (QED) is 0.671. The lowest BCUT2D eigenvalue weighted by molar-refractivity contribution is -0.153. The Balaban J connectivity index is 1.38. The summed E-state index contributed by atoms with van der Waals surface area (Å²) >= 11 is 1.19. The van der Waals surface area contributed by atoms with Gasteiger partial charge in [-0.2, -0.15) is 0 Å². The first-order chi connectivity index (χ1) is 14.9. The second-order valence-corrected chi connectivity index (χ2v) is 8.96. The summed E-state index contributed by atoms with van der Waals surface area (Å²) in [5, 5.41) is 0.621.